The lowest BCUT2D eigenvalue weighted by Gasteiger charge is -2.15. The number of nitrogens with one attached hydrogen (secondary N) is 2. The normalized spacial score (nSPS) is 11.1. The molecule has 0 aliphatic heterocycles. The number of aliphatic imine (C=N–C) groups is 1. The maximum atomic E-state index is 5.89. The van der Waals surface area contributed by atoms with E-state index in [1.807, 2.05) is 30.0 Å². The summed E-state index contributed by atoms with van der Waals surface area (Å²) >= 11 is 1.89. The molecule has 138 valence electrons. The fraction of sp³-hybridized carbons (Fsp3) is 0.611. The molecule has 1 aromatic carbocycles. The molecule has 0 saturated carbocycles. The van der Waals surface area contributed by atoms with E-state index in [4.69, 9.17) is 4.74 Å². The van der Waals surface area contributed by atoms with Gasteiger partial charge in [0.1, 0.15) is 5.75 Å². The Morgan fingerprint density at radius 1 is 1.21 bits per heavy atom. The van der Waals surface area contributed by atoms with Crippen molar-refractivity contribution in [3.05, 3.63) is 29.8 Å². The van der Waals surface area contributed by atoms with Crippen LogP contribution in [0.15, 0.2) is 29.3 Å². The number of para-hydroxylation sites is 1. The number of hydrogen-bond acceptors (Lipinski definition) is 3. The number of unbranched alkanes of at least 4 members (excludes halogenated alkanes) is 1. The van der Waals surface area contributed by atoms with Gasteiger partial charge in [0.15, 0.2) is 5.96 Å². The first-order chi connectivity index (χ1) is 11.2. The van der Waals surface area contributed by atoms with Crippen LogP contribution < -0.4 is 15.4 Å². The number of benzene rings is 1. The van der Waals surface area contributed by atoms with Crippen molar-refractivity contribution in [3.63, 3.8) is 0 Å². The molecule has 0 aromatic heterocycles. The summed E-state index contributed by atoms with van der Waals surface area (Å²) in [7, 11) is 1.80. The monoisotopic (exact) mass is 465 g/mol. The van der Waals surface area contributed by atoms with Gasteiger partial charge in [-0.25, -0.2) is 0 Å². The highest BCUT2D eigenvalue weighted by atomic mass is 127. The molecule has 0 atom stereocenters. The zero-order valence-corrected chi connectivity index (χ0v) is 18.4. The van der Waals surface area contributed by atoms with E-state index in [-0.39, 0.29) is 24.0 Å². The summed E-state index contributed by atoms with van der Waals surface area (Å²) in [6.07, 6.45) is 4.54. The Labute approximate surface area is 168 Å². The van der Waals surface area contributed by atoms with E-state index >= 15 is 0 Å². The molecule has 0 bridgehead atoms. The van der Waals surface area contributed by atoms with Gasteiger partial charge in [0.05, 0.1) is 6.61 Å². The maximum Gasteiger partial charge on any atom is 0.191 e. The van der Waals surface area contributed by atoms with E-state index in [1.165, 1.54) is 12.2 Å². The van der Waals surface area contributed by atoms with Gasteiger partial charge in [-0.05, 0) is 36.8 Å². The first-order valence-electron chi connectivity index (χ1n) is 8.31. The Hall–Kier alpha value is -0.630. The number of nitrogens with zero attached hydrogens (tertiary/aromatic N) is 1. The van der Waals surface area contributed by atoms with E-state index in [0.29, 0.717) is 12.5 Å². The van der Waals surface area contributed by atoms with Gasteiger partial charge < -0.3 is 15.4 Å². The molecule has 0 aliphatic carbocycles. The average molecular weight is 465 g/mol. The van der Waals surface area contributed by atoms with Crippen molar-refractivity contribution >= 4 is 41.7 Å². The van der Waals surface area contributed by atoms with Crippen molar-refractivity contribution < 1.29 is 4.74 Å². The van der Waals surface area contributed by atoms with Crippen molar-refractivity contribution in [2.24, 2.45) is 10.9 Å². The van der Waals surface area contributed by atoms with Gasteiger partial charge >= 0.3 is 0 Å². The van der Waals surface area contributed by atoms with E-state index < -0.39 is 0 Å². The van der Waals surface area contributed by atoms with Crippen molar-refractivity contribution in [2.75, 3.05) is 32.2 Å². The lowest BCUT2D eigenvalue weighted by molar-refractivity contribution is 0.268. The topological polar surface area (TPSA) is 45.7 Å². The summed E-state index contributed by atoms with van der Waals surface area (Å²) in [5.41, 5.74) is 1.15. The Bertz CT molecular complexity index is 469. The van der Waals surface area contributed by atoms with E-state index in [0.717, 1.165) is 36.8 Å². The molecular weight excluding hydrogens is 433 g/mol. The highest BCUT2D eigenvalue weighted by molar-refractivity contribution is 14.0. The van der Waals surface area contributed by atoms with Crippen LogP contribution in [0.1, 0.15) is 32.3 Å². The third-order valence-electron chi connectivity index (χ3n) is 3.28. The zero-order valence-electron chi connectivity index (χ0n) is 15.3. The fourth-order valence-electron chi connectivity index (χ4n) is 2.02. The van der Waals surface area contributed by atoms with Crippen LogP contribution in [-0.2, 0) is 6.54 Å². The molecular formula is C18H32IN3OS. The van der Waals surface area contributed by atoms with E-state index in [9.17, 15) is 0 Å². The highest BCUT2D eigenvalue weighted by Gasteiger charge is 2.05. The highest BCUT2D eigenvalue weighted by Crippen LogP contribution is 2.18. The van der Waals surface area contributed by atoms with Crippen LogP contribution in [-0.4, -0.2) is 38.2 Å². The summed E-state index contributed by atoms with van der Waals surface area (Å²) in [6.45, 7) is 6.71. The summed E-state index contributed by atoms with van der Waals surface area (Å²) in [6, 6.07) is 8.17. The Morgan fingerprint density at radius 3 is 2.62 bits per heavy atom. The van der Waals surface area contributed by atoms with Gasteiger partial charge in [-0.1, -0.05) is 32.0 Å². The van der Waals surface area contributed by atoms with Crippen LogP contribution in [0.5, 0.6) is 5.75 Å². The Kier molecular flexibility index (Phi) is 14.3. The van der Waals surface area contributed by atoms with Gasteiger partial charge in [-0.15, -0.1) is 24.0 Å². The molecule has 0 radical (unpaired) electrons. The van der Waals surface area contributed by atoms with Crippen molar-refractivity contribution in [3.8, 4) is 5.75 Å². The molecule has 0 spiro atoms. The standard InChI is InChI=1S/C18H31N3OS.HI/c1-15(2)14-22-17-10-6-5-9-16(17)13-21-18(19-3)20-11-7-8-12-23-4;/h5-6,9-10,15H,7-8,11-14H2,1-4H3,(H2,19,20,21);1H. The summed E-state index contributed by atoms with van der Waals surface area (Å²) in [4.78, 5) is 4.27. The number of rotatable bonds is 10. The lowest BCUT2D eigenvalue weighted by Crippen LogP contribution is -2.37. The number of hydrogen-bond donors (Lipinski definition) is 2. The van der Waals surface area contributed by atoms with E-state index in [1.54, 1.807) is 7.05 Å². The number of ether oxygens (including phenoxy) is 1. The predicted molar refractivity (Wildman–Crippen MR) is 118 cm³/mol. The molecule has 6 heteroatoms. The molecule has 0 amide bonds. The smallest absolute Gasteiger partial charge is 0.191 e. The molecule has 24 heavy (non-hydrogen) atoms. The third kappa shape index (κ3) is 10.3. The largest absolute Gasteiger partial charge is 0.493 e. The summed E-state index contributed by atoms with van der Waals surface area (Å²) < 4.78 is 5.89. The van der Waals surface area contributed by atoms with Crippen molar-refractivity contribution in [1.29, 1.82) is 0 Å². The molecule has 0 saturated heterocycles. The van der Waals surface area contributed by atoms with Crippen LogP contribution in [0.25, 0.3) is 0 Å². The number of thioether (sulfide) groups is 1. The molecule has 0 unspecified atom stereocenters. The molecule has 0 heterocycles. The molecule has 1 rings (SSSR count). The van der Waals surface area contributed by atoms with Gasteiger partial charge in [-0.3, -0.25) is 4.99 Å². The third-order valence-corrected chi connectivity index (χ3v) is 3.98. The Morgan fingerprint density at radius 2 is 1.96 bits per heavy atom. The van der Waals surface area contributed by atoms with Crippen LogP contribution in [0, 0.1) is 5.92 Å². The van der Waals surface area contributed by atoms with Gasteiger partial charge in [0.2, 0.25) is 0 Å². The minimum atomic E-state index is 0. The summed E-state index contributed by atoms with van der Waals surface area (Å²) in [5, 5.41) is 6.72. The first kappa shape index (κ1) is 23.4. The van der Waals surface area contributed by atoms with Crippen LogP contribution >= 0.6 is 35.7 Å². The fourth-order valence-corrected chi connectivity index (χ4v) is 2.52. The van der Waals surface area contributed by atoms with Crippen LogP contribution in [0.4, 0.5) is 0 Å². The second-order valence-corrected chi connectivity index (χ2v) is 6.85. The van der Waals surface area contributed by atoms with E-state index in [2.05, 4.69) is 41.8 Å². The maximum absolute atomic E-state index is 5.89. The second kappa shape index (κ2) is 14.7. The average Bonchev–Trinajstić information content (AvgIpc) is 2.56. The molecule has 2 N–H and O–H groups in total. The SMILES string of the molecule is CN=C(NCCCCSC)NCc1ccccc1OCC(C)C.I. The molecule has 0 aliphatic rings. The van der Waals surface area contributed by atoms with Crippen molar-refractivity contribution in [1.82, 2.24) is 10.6 Å². The predicted octanol–water partition coefficient (Wildman–Crippen LogP) is 4.15. The van der Waals surface area contributed by atoms with Gasteiger partial charge in [-0.2, -0.15) is 11.8 Å². The second-order valence-electron chi connectivity index (χ2n) is 5.87. The molecule has 4 nitrogen and oxygen atoms in total. The van der Waals surface area contributed by atoms with Gasteiger partial charge in [0, 0.05) is 25.7 Å². The lowest BCUT2D eigenvalue weighted by atomic mass is 10.2. The quantitative estimate of drug-likeness (QED) is 0.236. The number of guanidine groups is 1. The van der Waals surface area contributed by atoms with Crippen LogP contribution in [0.3, 0.4) is 0 Å². The summed E-state index contributed by atoms with van der Waals surface area (Å²) in [5.74, 6) is 3.53. The zero-order chi connectivity index (χ0) is 16.9. The molecule has 1 aromatic rings. The number of halogens is 1. The minimum absolute atomic E-state index is 0. The Balaban J connectivity index is 0.00000529. The van der Waals surface area contributed by atoms with Crippen molar-refractivity contribution in [2.45, 2.75) is 33.2 Å². The van der Waals surface area contributed by atoms with Gasteiger partial charge in [0.25, 0.3) is 0 Å². The first-order valence-corrected chi connectivity index (χ1v) is 9.71. The minimum Gasteiger partial charge on any atom is -0.493 e. The molecule has 0 fully saturated rings. The van der Waals surface area contributed by atoms with Crippen LogP contribution in [0.2, 0.25) is 0 Å².